The van der Waals surface area contributed by atoms with Crippen molar-refractivity contribution >= 4 is 27.5 Å². The Morgan fingerprint density at radius 3 is 2.68 bits per heavy atom. The molecule has 0 radical (unpaired) electrons. The van der Waals surface area contributed by atoms with Crippen molar-refractivity contribution in [3.63, 3.8) is 0 Å². The summed E-state index contributed by atoms with van der Waals surface area (Å²) in [6.07, 6.45) is 3.20. The van der Waals surface area contributed by atoms with Crippen LogP contribution in [-0.2, 0) is 24.2 Å². The van der Waals surface area contributed by atoms with E-state index in [4.69, 9.17) is 4.98 Å². The van der Waals surface area contributed by atoms with Gasteiger partial charge in [0.05, 0.1) is 31.6 Å². The first kappa shape index (κ1) is 19.6. The normalized spacial score (nSPS) is 21.1. The summed E-state index contributed by atoms with van der Waals surface area (Å²) in [6.45, 7) is 12.6. The van der Waals surface area contributed by atoms with Gasteiger partial charge in [-0.05, 0) is 36.2 Å². The minimum atomic E-state index is 0.0217. The number of aryl methyl sites for hydroxylation is 1. The monoisotopic (exact) mass is 403 g/mol. The second kappa shape index (κ2) is 7.26. The second-order valence-corrected chi connectivity index (χ2v) is 10.5. The third kappa shape index (κ3) is 3.74. The second-order valence-electron chi connectivity index (χ2n) is 9.44. The zero-order chi connectivity index (χ0) is 20.1. The Morgan fingerprint density at radius 1 is 1.32 bits per heavy atom. The summed E-state index contributed by atoms with van der Waals surface area (Å²) in [7, 11) is 0. The summed E-state index contributed by atoms with van der Waals surface area (Å²) in [6, 6.07) is 0. The molecule has 0 bridgehead atoms. The minimum Gasteiger partial charge on any atom is -0.332 e. The van der Waals surface area contributed by atoms with E-state index in [0.717, 1.165) is 61.5 Å². The Hall–Kier alpha value is -1.73. The molecular weight excluding hydrogens is 372 g/mol. The van der Waals surface area contributed by atoms with Gasteiger partial charge in [-0.1, -0.05) is 20.8 Å². The number of aromatic nitrogens is 2. The number of carbonyl (C=O) groups is 1. The lowest BCUT2D eigenvalue weighted by Crippen LogP contribution is -3.13. The molecule has 152 valence electrons. The molecule has 1 amide bonds. The number of piperazine rings is 1. The summed E-state index contributed by atoms with van der Waals surface area (Å²) in [4.78, 5) is 37.7. The summed E-state index contributed by atoms with van der Waals surface area (Å²) < 4.78 is 0. The lowest BCUT2D eigenvalue weighted by molar-refractivity contribution is -0.918. The highest BCUT2D eigenvalue weighted by Crippen LogP contribution is 2.41. The van der Waals surface area contributed by atoms with Crippen molar-refractivity contribution in [1.82, 2.24) is 14.9 Å². The van der Waals surface area contributed by atoms with Gasteiger partial charge in [-0.25, -0.2) is 4.98 Å². The van der Waals surface area contributed by atoms with Crippen LogP contribution in [0.4, 0.5) is 0 Å². The number of nitrogens with one attached hydrogen (secondary N) is 2. The van der Waals surface area contributed by atoms with Gasteiger partial charge in [-0.3, -0.25) is 9.59 Å². The van der Waals surface area contributed by atoms with Crippen LogP contribution in [0.15, 0.2) is 4.79 Å². The van der Waals surface area contributed by atoms with Gasteiger partial charge in [-0.15, -0.1) is 11.3 Å². The molecule has 1 aliphatic heterocycles. The molecule has 0 saturated carbocycles. The molecule has 1 fully saturated rings. The number of nitrogens with zero attached hydrogens (tertiary/aromatic N) is 2. The molecule has 2 aliphatic rings. The molecular formula is C21H31N4O2S+. The Labute approximate surface area is 169 Å². The predicted octanol–water partition coefficient (Wildman–Crippen LogP) is 1.38. The zero-order valence-corrected chi connectivity index (χ0v) is 18.2. The number of amides is 1. The van der Waals surface area contributed by atoms with Gasteiger partial charge >= 0.3 is 0 Å². The first-order chi connectivity index (χ1) is 13.2. The predicted molar refractivity (Wildman–Crippen MR) is 112 cm³/mol. The topological polar surface area (TPSA) is 70.5 Å². The molecule has 1 aliphatic carbocycles. The molecule has 2 aromatic rings. The van der Waals surface area contributed by atoms with Gasteiger partial charge in [0.2, 0.25) is 5.91 Å². The number of carbonyl (C=O) groups excluding carboxylic acids is 1. The van der Waals surface area contributed by atoms with Crippen LogP contribution in [0.3, 0.4) is 0 Å². The van der Waals surface area contributed by atoms with Gasteiger partial charge in [0, 0.05) is 11.8 Å². The van der Waals surface area contributed by atoms with E-state index < -0.39 is 0 Å². The zero-order valence-electron chi connectivity index (χ0n) is 17.4. The van der Waals surface area contributed by atoms with E-state index in [-0.39, 0.29) is 11.5 Å². The lowest BCUT2D eigenvalue weighted by atomic mass is 9.72. The fraction of sp³-hybridized carbons (Fsp3) is 0.667. The Kier molecular flexibility index (Phi) is 5.08. The van der Waals surface area contributed by atoms with Crippen molar-refractivity contribution in [1.29, 1.82) is 0 Å². The third-order valence-electron chi connectivity index (χ3n) is 6.53. The maximum absolute atomic E-state index is 12.8. The number of hydrogen-bond acceptors (Lipinski definition) is 4. The molecule has 2 aromatic heterocycles. The van der Waals surface area contributed by atoms with Crippen LogP contribution < -0.4 is 10.5 Å². The highest BCUT2D eigenvalue weighted by Gasteiger charge is 2.32. The Balaban J connectivity index is 1.55. The average molecular weight is 404 g/mol. The standard InChI is InChI=1S/C21H30N4O2S/c1-13(26)25-9-7-24(8-10-25)12-17-22-19(27)18-15-6-5-14(21(2,3)4)11-16(15)28-20(18)23-17/h14H,5-12H2,1-4H3,(H,22,23,27)/p+1/t14-/m1/s1. The van der Waals surface area contributed by atoms with Crippen molar-refractivity contribution in [2.45, 2.75) is 53.5 Å². The van der Waals surface area contributed by atoms with Crippen molar-refractivity contribution in [2.24, 2.45) is 11.3 Å². The third-order valence-corrected chi connectivity index (χ3v) is 7.67. The van der Waals surface area contributed by atoms with E-state index >= 15 is 0 Å². The van der Waals surface area contributed by atoms with Gasteiger partial charge < -0.3 is 14.8 Å². The lowest BCUT2D eigenvalue weighted by Gasteiger charge is -2.33. The molecule has 1 saturated heterocycles. The minimum absolute atomic E-state index is 0.0217. The summed E-state index contributed by atoms with van der Waals surface area (Å²) in [5, 5.41) is 0.826. The van der Waals surface area contributed by atoms with Crippen LogP contribution in [-0.4, -0.2) is 47.0 Å². The molecule has 6 nitrogen and oxygen atoms in total. The van der Waals surface area contributed by atoms with E-state index in [1.165, 1.54) is 15.3 Å². The highest BCUT2D eigenvalue weighted by atomic mass is 32.1. The number of aromatic amines is 1. The molecule has 0 unspecified atom stereocenters. The molecule has 2 N–H and O–H groups in total. The number of quaternary nitrogens is 1. The molecule has 4 rings (SSSR count). The van der Waals surface area contributed by atoms with Crippen LogP contribution in [0.1, 0.15) is 50.4 Å². The molecule has 7 heteroatoms. The summed E-state index contributed by atoms with van der Waals surface area (Å²) in [5.74, 6) is 1.58. The molecule has 28 heavy (non-hydrogen) atoms. The molecule has 3 heterocycles. The largest absolute Gasteiger partial charge is 0.332 e. The first-order valence-corrected chi connectivity index (χ1v) is 11.2. The smallest absolute Gasteiger partial charge is 0.260 e. The number of hydrogen-bond donors (Lipinski definition) is 2. The van der Waals surface area contributed by atoms with Crippen molar-refractivity contribution in [3.8, 4) is 0 Å². The van der Waals surface area contributed by atoms with Crippen molar-refractivity contribution in [2.75, 3.05) is 26.2 Å². The van der Waals surface area contributed by atoms with Gasteiger partial charge in [0.25, 0.3) is 5.56 Å². The van der Waals surface area contributed by atoms with Crippen LogP contribution in [0.2, 0.25) is 0 Å². The van der Waals surface area contributed by atoms with Gasteiger partial charge in [-0.2, -0.15) is 0 Å². The van der Waals surface area contributed by atoms with E-state index in [1.54, 1.807) is 18.3 Å². The number of H-pyrrole nitrogens is 1. The quantitative estimate of drug-likeness (QED) is 0.796. The Bertz CT molecular complexity index is 948. The van der Waals surface area contributed by atoms with Crippen LogP contribution in [0, 0.1) is 11.3 Å². The SMILES string of the molecule is CC(=O)N1CC[NH+](Cc2nc3sc4c(c3c(=O)[nH]2)CC[C@@H](C(C)(C)C)C4)CC1. The fourth-order valence-corrected chi connectivity index (χ4v) is 5.92. The average Bonchev–Trinajstić information content (AvgIpc) is 2.99. The highest BCUT2D eigenvalue weighted by molar-refractivity contribution is 7.18. The van der Waals surface area contributed by atoms with E-state index in [2.05, 4.69) is 25.8 Å². The molecule has 0 spiro atoms. The molecule has 0 aromatic carbocycles. The number of thiophene rings is 1. The maximum Gasteiger partial charge on any atom is 0.260 e. The van der Waals surface area contributed by atoms with Crippen LogP contribution in [0.25, 0.3) is 10.2 Å². The van der Waals surface area contributed by atoms with E-state index in [1.807, 2.05) is 4.90 Å². The van der Waals surface area contributed by atoms with E-state index in [9.17, 15) is 9.59 Å². The van der Waals surface area contributed by atoms with E-state index in [0.29, 0.717) is 17.9 Å². The maximum atomic E-state index is 12.8. The van der Waals surface area contributed by atoms with Gasteiger partial charge in [0.15, 0.2) is 5.82 Å². The number of rotatable bonds is 2. The van der Waals surface area contributed by atoms with Crippen LogP contribution >= 0.6 is 11.3 Å². The van der Waals surface area contributed by atoms with Crippen LogP contribution in [0.5, 0.6) is 0 Å². The molecule has 1 atom stereocenters. The van der Waals surface area contributed by atoms with Crippen molar-refractivity contribution < 1.29 is 9.69 Å². The summed E-state index contributed by atoms with van der Waals surface area (Å²) >= 11 is 1.72. The summed E-state index contributed by atoms with van der Waals surface area (Å²) in [5.41, 5.74) is 1.56. The fourth-order valence-electron chi connectivity index (χ4n) is 4.60. The Morgan fingerprint density at radius 2 is 2.04 bits per heavy atom. The van der Waals surface area contributed by atoms with Gasteiger partial charge in [0.1, 0.15) is 11.4 Å². The number of fused-ring (bicyclic) bond motifs is 3. The van der Waals surface area contributed by atoms with Crippen molar-refractivity contribution in [3.05, 3.63) is 26.6 Å². The first-order valence-electron chi connectivity index (χ1n) is 10.3.